The van der Waals surface area contributed by atoms with Crippen molar-refractivity contribution in [2.24, 2.45) is 5.92 Å². The first-order valence-electron chi connectivity index (χ1n) is 7.99. The molecule has 0 bridgehead atoms. The summed E-state index contributed by atoms with van der Waals surface area (Å²) in [5, 5.41) is 3.37. The van der Waals surface area contributed by atoms with E-state index < -0.39 is 0 Å². The van der Waals surface area contributed by atoms with Gasteiger partial charge in [0.1, 0.15) is 11.5 Å². The van der Waals surface area contributed by atoms with E-state index in [1.54, 1.807) is 14.2 Å². The molecule has 1 N–H and O–H groups in total. The number of anilines is 2. The first-order chi connectivity index (χ1) is 11.3. The molecule has 23 heavy (non-hydrogen) atoms. The topological polar surface area (TPSA) is 46.6 Å². The van der Waals surface area contributed by atoms with E-state index >= 15 is 0 Å². The number of fused-ring (bicyclic) bond motifs is 1. The first kappa shape index (κ1) is 14.2. The van der Waals surface area contributed by atoms with Crippen molar-refractivity contribution in [3.8, 4) is 22.6 Å². The Bertz CT molecular complexity index is 728. The van der Waals surface area contributed by atoms with E-state index in [-0.39, 0.29) is 0 Å². The molecule has 1 fully saturated rings. The average molecular weight is 311 g/mol. The standard InChI is InChI=1S/C18H21N3O2/c1-22-14-5-6-15(17(8-14)23-2)13-7-16-18(19-9-13)20-11-21(16)10-12-3-4-12/h5-9,12H,3-4,10-11H2,1-2H3,(H,19,20). The quantitative estimate of drug-likeness (QED) is 0.917. The molecular weight excluding hydrogens is 290 g/mol. The number of rotatable bonds is 5. The molecule has 2 aromatic rings. The number of hydrogen-bond donors (Lipinski definition) is 1. The maximum absolute atomic E-state index is 5.53. The summed E-state index contributed by atoms with van der Waals surface area (Å²) in [5.41, 5.74) is 3.28. The molecule has 0 amide bonds. The summed E-state index contributed by atoms with van der Waals surface area (Å²) >= 11 is 0. The van der Waals surface area contributed by atoms with Crippen LogP contribution < -0.4 is 19.7 Å². The number of methoxy groups -OCH3 is 2. The number of aromatic nitrogens is 1. The van der Waals surface area contributed by atoms with E-state index in [9.17, 15) is 0 Å². The van der Waals surface area contributed by atoms with Crippen molar-refractivity contribution in [3.63, 3.8) is 0 Å². The molecule has 2 aliphatic rings. The van der Waals surface area contributed by atoms with Gasteiger partial charge in [-0.15, -0.1) is 0 Å². The zero-order valence-corrected chi connectivity index (χ0v) is 13.5. The molecule has 1 aromatic carbocycles. The molecular formula is C18H21N3O2. The lowest BCUT2D eigenvalue weighted by Crippen LogP contribution is -2.25. The molecule has 1 aromatic heterocycles. The normalized spacial score (nSPS) is 16.0. The Morgan fingerprint density at radius 2 is 2.09 bits per heavy atom. The van der Waals surface area contributed by atoms with Crippen LogP contribution in [-0.4, -0.2) is 32.4 Å². The zero-order chi connectivity index (χ0) is 15.8. The third-order valence-electron chi connectivity index (χ3n) is 4.54. The molecule has 2 heterocycles. The molecule has 0 unspecified atom stereocenters. The van der Waals surface area contributed by atoms with Gasteiger partial charge in [-0.05, 0) is 37.0 Å². The van der Waals surface area contributed by atoms with Gasteiger partial charge in [0.2, 0.25) is 0 Å². The van der Waals surface area contributed by atoms with Crippen molar-refractivity contribution >= 4 is 11.5 Å². The van der Waals surface area contributed by atoms with Crippen LogP contribution in [0.5, 0.6) is 11.5 Å². The Kier molecular flexibility index (Phi) is 3.48. The van der Waals surface area contributed by atoms with Crippen molar-refractivity contribution < 1.29 is 9.47 Å². The van der Waals surface area contributed by atoms with Crippen molar-refractivity contribution in [3.05, 3.63) is 30.5 Å². The van der Waals surface area contributed by atoms with Gasteiger partial charge in [-0.1, -0.05) is 0 Å². The highest BCUT2D eigenvalue weighted by Crippen LogP contribution is 2.40. The third kappa shape index (κ3) is 2.67. The molecule has 1 saturated carbocycles. The highest BCUT2D eigenvalue weighted by molar-refractivity contribution is 5.80. The highest BCUT2D eigenvalue weighted by Gasteiger charge is 2.28. The number of hydrogen-bond acceptors (Lipinski definition) is 5. The van der Waals surface area contributed by atoms with E-state index in [1.165, 1.54) is 18.5 Å². The minimum atomic E-state index is 0.789. The zero-order valence-electron chi connectivity index (χ0n) is 13.5. The molecule has 4 rings (SSSR count). The maximum Gasteiger partial charge on any atom is 0.151 e. The molecule has 5 nitrogen and oxygen atoms in total. The number of nitrogens with zero attached hydrogens (tertiary/aromatic N) is 2. The number of benzene rings is 1. The molecule has 0 atom stereocenters. The van der Waals surface area contributed by atoms with Gasteiger partial charge in [-0.25, -0.2) is 4.98 Å². The van der Waals surface area contributed by atoms with E-state index in [2.05, 4.69) is 21.3 Å². The van der Waals surface area contributed by atoms with Crippen molar-refractivity contribution in [1.82, 2.24) is 4.98 Å². The lowest BCUT2D eigenvalue weighted by atomic mass is 10.1. The molecule has 1 aliphatic carbocycles. The van der Waals surface area contributed by atoms with Gasteiger partial charge in [-0.2, -0.15) is 0 Å². The van der Waals surface area contributed by atoms with Gasteiger partial charge >= 0.3 is 0 Å². The predicted molar refractivity (Wildman–Crippen MR) is 91.3 cm³/mol. The first-order valence-corrected chi connectivity index (χ1v) is 7.99. The Labute approximate surface area is 136 Å². The van der Waals surface area contributed by atoms with Crippen molar-refractivity contribution in [2.45, 2.75) is 12.8 Å². The van der Waals surface area contributed by atoms with Crippen LogP contribution in [0.1, 0.15) is 12.8 Å². The maximum atomic E-state index is 5.53. The minimum absolute atomic E-state index is 0.789. The van der Waals surface area contributed by atoms with Crippen LogP contribution in [0.2, 0.25) is 0 Å². The number of ether oxygens (including phenoxy) is 2. The van der Waals surface area contributed by atoms with E-state index in [0.717, 1.165) is 47.6 Å². The highest BCUT2D eigenvalue weighted by atomic mass is 16.5. The van der Waals surface area contributed by atoms with Gasteiger partial charge in [0.05, 0.1) is 26.6 Å². The smallest absolute Gasteiger partial charge is 0.151 e. The summed E-state index contributed by atoms with van der Waals surface area (Å²) in [7, 11) is 3.34. The van der Waals surface area contributed by atoms with Gasteiger partial charge in [0.15, 0.2) is 5.82 Å². The monoisotopic (exact) mass is 311 g/mol. The third-order valence-corrected chi connectivity index (χ3v) is 4.54. The van der Waals surface area contributed by atoms with Gasteiger partial charge in [-0.3, -0.25) is 0 Å². The van der Waals surface area contributed by atoms with Gasteiger partial charge in [0.25, 0.3) is 0 Å². The van der Waals surface area contributed by atoms with Gasteiger partial charge < -0.3 is 19.7 Å². The molecule has 5 heteroatoms. The fraction of sp³-hybridized carbons (Fsp3) is 0.389. The van der Waals surface area contributed by atoms with E-state index in [4.69, 9.17) is 9.47 Å². The summed E-state index contributed by atoms with van der Waals surface area (Å²) < 4.78 is 10.8. The fourth-order valence-electron chi connectivity index (χ4n) is 3.05. The Morgan fingerprint density at radius 1 is 1.22 bits per heavy atom. The Morgan fingerprint density at radius 3 is 2.83 bits per heavy atom. The van der Waals surface area contributed by atoms with Crippen LogP contribution in [-0.2, 0) is 0 Å². The summed E-state index contributed by atoms with van der Waals surface area (Å²) in [6, 6.07) is 8.08. The second kappa shape index (κ2) is 5.65. The van der Waals surface area contributed by atoms with Crippen LogP contribution in [0.4, 0.5) is 11.5 Å². The largest absolute Gasteiger partial charge is 0.497 e. The average Bonchev–Trinajstić information content (AvgIpc) is 3.33. The molecule has 0 saturated heterocycles. The lowest BCUT2D eigenvalue weighted by molar-refractivity contribution is 0.395. The Balaban J connectivity index is 1.70. The predicted octanol–water partition coefficient (Wildman–Crippen LogP) is 3.37. The second-order valence-electron chi connectivity index (χ2n) is 6.16. The van der Waals surface area contributed by atoms with Gasteiger partial charge in [0, 0.05) is 29.9 Å². The van der Waals surface area contributed by atoms with Crippen molar-refractivity contribution in [1.29, 1.82) is 0 Å². The number of pyridine rings is 1. The second-order valence-corrected chi connectivity index (χ2v) is 6.16. The summed E-state index contributed by atoms with van der Waals surface area (Å²) in [6.07, 6.45) is 4.60. The van der Waals surface area contributed by atoms with Crippen LogP contribution >= 0.6 is 0 Å². The molecule has 0 radical (unpaired) electrons. The van der Waals surface area contributed by atoms with Crippen LogP contribution in [0.3, 0.4) is 0 Å². The lowest BCUT2D eigenvalue weighted by Gasteiger charge is -2.18. The SMILES string of the molecule is COc1ccc(-c2cnc3c(c2)N(CC2CC2)CN3)c(OC)c1. The molecule has 1 aliphatic heterocycles. The van der Waals surface area contributed by atoms with Crippen molar-refractivity contribution in [2.75, 3.05) is 37.6 Å². The van der Waals surface area contributed by atoms with Crippen LogP contribution in [0, 0.1) is 5.92 Å². The van der Waals surface area contributed by atoms with Crippen LogP contribution in [0.25, 0.3) is 11.1 Å². The number of nitrogens with one attached hydrogen (secondary N) is 1. The Hall–Kier alpha value is -2.43. The van der Waals surface area contributed by atoms with E-state index in [0.29, 0.717) is 0 Å². The summed E-state index contributed by atoms with van der Waals surface area (Å²) in [4.78, 5) is 6.98. The van der Waals surface area contributed by atoms with Crippen LogP contribution in [0.15, 0.2) is 30.5 Å². The fourth-order valence-corrected chi connectivity index (χ4v) is 3.05. The summed E-state index contributed by atoms with van der Waals surface area (Å²) in [5.74, 6) is 3.41. The summed E-state index contributed by atoms with van der Waals surface area (Å²) in [6.45, 7) is 1.97. The van der Waals surface area contributed by atoms with E-state index in [1.807, 2.05) is 24.4 Å². The molecule has 120 valence electrons. The minimum Gasteiger partial charge on any atom is -0.497 e. The molecule has 0 spiro atoms.